The van der Waals surface area contributed by atoms with Gasteiger partial charge in [0.25, 0.3) is 5.60 Å². The van der Waals surface area contributed by atoms with Crippen molar-refractivity contribution < 1.29 is 42.1 Å². The van der Waals surface area contributed by atoms with E-state index < -0.39 is 41.1 Å². The Morgan fingerprint density at radius 3 is 2.41 bits per heavy atom. The van der Waals surface area contributed by atoms with Gasteiger partial charge in [0.15, 0.2) is 11.9 Å². The summed E-state index contributed by atoms with van der Waals surface area (Å²) in [6.07, 6.45) is 3.13. The highest BCUT2D eigenvalue weighted by molar-refractivity contribution is 5.90. The van der Waals surface area contributed by atoms with Crippen LogP contribution in [0.5, 0.6) is 11.5 Å². The highest BCUT2D eigenvalue weighted by Crippen LogP contribution is 2.44. The zero-order valence-corrected chi connectivity index (χ0v) is 27.9. The Hall–Kier alpha value is -3.59. The van der Waals surface area contributed by atoms with E-state index in [4.69, 9.17) is 14.2 Å². The number of fused-ring (bicyclic) bond motifs is 1. The number of ether oxygens (including phenoxy) is 3. The lowest BCUT2D eigenvalue weighted by molar-refractivity contribution is -0.278. The van der Waals surface area contributed by atoms with Crippen molar-refractivity contribution in [3.05, 3.63) is 83.0 Å². The second-order valence-corrected chi connectivity index (χ2v) is 13.0. The molecule has 1 heterocycles. The van der Waals surface area contributed by atoms with Crippen molar-refractivity contribution >= 4 is 11.8 Å². The van der Waals surface area contributed by atoms with E-state index in [1.54, 1.807) is 39.0 Å². The normalized spacial score (nSPS) is 19.7. The molecule has 1 N–H and O–H groups in total. The number of rotatable bonds is 14. The van der Waals surface area contributed by atoms with Gasteiger partial charge in [-0.25, -0.2) is 4.79 Å². The smallest absolute Gasteiger partial charge is 0.432 e. The van der Waals surface area contributed by atoms with Crippen molar-refractivity contribution in [2.45, 2.75) is 104 Å². The molecule has 0 spiro atoms. The quantitative estimate of drug-likeness (QED) is 0.164. The molecule has 0 saturated heterocycles. The molecule has 0 bridgehead atoms. The van der Waals surface area contributed by atoms with E-state index in [0.29, 0.717) is 6.42 Å². The Kier molecular flexibility index (Phi) is 12.3. The average Bonchev–Trinajstić information content (AvgIpc) is 2.97. The van der Waals surface area contributed by atoms with Gasteiger partial charge in [0.1, 0.15) is 17.1 Å². The number of aromatic hydroxyl groups is 1. The number of alkyl halides is 3. The van der Waals surface area contributed by atoms with Crippen molar-refractivity contribution in [2.75, 3.05) is 7.11 Å². The Morgan fingerprint density at radius 1 is 1.13 bits per heavy atom. The Balaban J connectivity index is 1.63. The first kappa shape index (κ1) is 36.9. The molecule has 9 heteroatoms. The SMILES string of the molecule is CO[C@@](C(=O)O[C@H](CC(C)C)C(=O)C(C)/C=C\C/C(C)=C/CC[C@]1(C)CCc2cc(O)cc(C)c2O1)(c1ccccc1)C(F)(F)F. The molecule has 2 aromatic rings. The number of aryl methyl sites for hydroxylation is 2. The van der Waals surface area contributed by atoms with Gasteiger partial charge in [0, 0.05) is 18.6 Å². The molecular formula is C37H47F3O6. The van der Waals surface area contributed by atoms with Crippen LogP contribution in [0, 0.1) is 18.8 Å². The number of Topliss-reactive ketones (excluding diaryl/α,β-unsaturated/α-hetero) is 1. The number of benzene rings is 2. The maximum atomic E-state index is 14.4. The van der Waals surface area contributed by atoms with Crippen LogP contribution in [0.4, 0.5) is 13.2 Å². The molecule has 0 saturated carbocycles. The molecule has 4 atom stereocenters. The largest absolute Gasteiger partial charge is 0.508 e. The number of phenolic OH excluding ortho intramolecular Hbond substituents is 1. The molecule has 0 aliphatic carbocycles. The zero-order chi connectivity index (χ0) is 34.3. The first-order chi connectivity index (χ1) is 21.5. The number of phenols is 1. The molecule has 0 amide bonds. The van der Waals surface area contributed by atoms with Gasteiger partial charge in [-0.3, -0.25) is 4.79 Å². The lowest BCUT2D eigenvalue weighted by atomic mass is 9.87. The maximum Gasteiger partial charge on any atom is 0.432 e. The van der Waals surface area contributed by atoms with E-state index in [1.165, 1.54) is 18.2 Å². The number of hydrogen-bond acceptors (Lipinski definition) is 6. The highest BCUT2D eigenvalue weighted by atomic mass is 19.4. The molecule has 0 radical (unpaired) electrons. The Bertz CT molecular complexity index is 1410. The number of ketones is 1. The zero-order valence-electron chi connectivity index (χ0n) is 27.9. The van der Waals surface area contributed by atoms with Crippen LogP contribution in [0.15, 0.2) is 66.3 Å². The summed E-state index contributed by atoms with van der Waals surface area (Å²) in [5, 5.41) is 9.89. The molecule has 3 rings (SSSR count). The summed E-state index contributed by atoms with van der Waals surface area (Å²) in [4.78, 5) is 26.6. The number of carbonyl (C=O) groups excluding carboxylic acids is 2. The summed E-state index contributed by atoms with van der Waals surface area (Å²) in [5.41, 5.74) is -1.07. The van der Waals surface area contributed by atoms with Crippen LogP contribution in [0.25, 0.3) is 0 Å². The molecule has 2 aromatic carbocycles. The molecule has 0 aromatic heterocycles. The Morgan fingerprint density at radius 2 is 1.80 bits per heavy atom. The summed E-state index contributed by atoms with van der Waals surface area (Å²) >= 11 is 0. The minimum atomic E-state index is -5.13. The van der Waals surface area contributed by atoms with Gasteiger partial charge in [-0.2, -0.15) is 13.2 Å². The molecule has 1 aliphatic rings. The number of allylic oxidation sites excluding steroid dienone is 4. The topological polar surface area (TPSA) is 82.1 Å². The minimum absolute atomic E-state index is 0.0696. The third-order valence-corrected chi connectivity index (χ3v) is 8.51. The number of carbonyl (C=O) groups is 2. The molecule has 6 nitrogen and oxygen atoms in total. The second-order valence-electron chi connectivity index (χ2n) is 13.0. The number of hydrogen-bond donors (Lipinski definition) is 1. The van der Waals surface area contributed by atoms with Crippen molar-refractivity contribution in [1.82, 2.24) is 0 Å². The fraction of sp³-hybridized carbons (Fsp3) is 0.514. The molecule has 0 fully saturated rings. The van der Waals surface area contributed by atoms with Gasteiger partial charge in [-0.1, -0.05) is 74.9 Å². The average molecular weight is 645 g/mol. The molecule has 1 aliphatic heterocycles. The van der Waals surface area contributed by atoms with Crippen molar-refractivity contribution in [3.63, 3.8) is 0 Å². The van der Waals surface area contributed by atoms with Crippen LogP contribution in [-0.4, -0.2) is 41.9 Å². The lowest BCUT2D eigenvalue weighted by Gasteiger charge is -2.36. The van der Waals surface area contributed by atoms with E-state index in [9.17, 15) is 27.9 Å². The third-order valence-electron chi connectivity index (χ3n) is 8.51. The van der Waals surface area contributed by atoms with Gasteiger partial charge in [-0.15, -0.1) is 0 Å². The van der Waals surface area contributed by atoms with E-state index in [2.05, 4.69) is 13.0 Å². The predicted octanol–water partition coefficient (Wildman–Crippen LogP) is 8.72. The third kappa shape index (κ3) is 8.81. The van der Waals surface area contributed by atoms with Crippen LogP contribution >= 0.6 is 0 Å². The van der Waals surface area contributed by atoms with Crippen LogP contribution in [0.1, 0.15) is 83.4 Å². The minimum Gasteiger partial charge on any atom is -0.508 e. The number of halogens is 3. The molecular weight excluding hydrogens is 597 g/mol. The first-order valence-electron chi connectivity index (χ1n) is 15.8. The van der Waals surface area contributed by atoms with Crippen LogP contribution in [-0.2, 0) is 31.1 Å². The molecule has 252 valence electrons. The van der Waals surface area contributed by atoms with Gasteiger partial charge in [-0.05, 0) is 88.5 Å². The van der Waals surface area contributed by atoms with Crippen molar-refractivity contribution in [3.8, 4) is 11.5 Å². The van der Waals surface area contributed by atoms with Crippen molar-refractivity contribution in [2.24, 2.45) is 11.8 Å². The summed E-state index contributed by atoms with van der Waals surface area (Å²) in [6.45, 7) is 11.3. The van der Waals surface area contributed by atoms with Gasteiger partial charge in [0.2, 0.25) is 0 Å². The van der Waals surface area contributed by atoms with E-state index in [-0.39, 0.29) is 23.7 Å². The monoisotopic (exact) mass is 644 g/mol. The van der Waals surface area contributed by atoms with Crippen molar-refractivity contribution in [1.29, 1.82) is 0 Å². The highest BCUT2D eigenvalue weighted by Gasteiger charge is 2.64. The summed E-state index contributed by atoms with van der Waals surface area (Å²) in [6, 6.07) is 10.0. The van der Waals surface area contributed by atoms with Crippen LogP contribution < -0.4 is 4.74 Å². The fourth-order valence-corrected chi connectivity index (χ4v) is 5.83. The van der Waals surface area contributed by atoms with Crippen LogP contribution in [0.3, 0.4) is 0 Å². The number of methoxy groups -OCH3 is 1. The van der Waals surface area contributed by atoms with E-state index in [1.807, 2.05) is 19.9 Å². The van der Waals surface area contributed by atoms with Gasteiger partial charge >= 0.3 is 12.1 Å². The van der Waals surface area contributed by atoms with E-state index in [0.717, 1.165) is 67.4 Å². The summed E-state index contributed by atoms with van der Waals surface area (Å²) in [7, 11) is 0.803. The van der Waals surface area contributed by atoms with Crippen LogP contribution in [0.2, 0.25) is 0 Å². The summed E-state index contributed by atoms with van der Waals surface area (Å²) < 4.78 is 59.7. The van der Waals surface area contributed by atoms with Gasteiger partial charge in [0.05, 0.1) is 0 Å². The van der Waals surface area contributed by atoms with Gasteiger partial charge < -0.3 is 19.3 Å². The molecule has 1 unspecified atom stereocenters. The first-order valence-corrected chi connectivity index (χ1v) is 15.8. The standard InChI is InChI=1S/C37H47F3O6/c1-24(2)21-31(45-34(43)36(44-7,37(38,39)40)29-16-9-8-10-17-29)32(42)26(4)15-11-13-25(3)14-12-19-35(6)20-18-28-23-30(41)22-27(5)33(28)46-35/h8-11,14-17,22-24,26,31,41H,12-13,18-21H2,1-7H3/b15-11-,25-14+/t26?,31-,35-,36-/m1/s1. The Labute approximate surface area is 270 Å². The maximum absolute atomic E-state index is 14.4. The fourth-order valence-electron chi connectivity index (χ4n) is 5.83. The van der Waals surface area contributed by atoms with E-state index >= 15 is 0 Å². The molecule has 46 heavy (non-hydrogen) atoms. The summed E-state index contributed by atoms with van der Waals surface area (Å²) in [5.74, 6) is -1.87. The number of esters is 1. The lowest BCUT2D eigenvalue weighted by Crippen LogP contribution is -2.53. The second kappa shape index (κ2) is 15.3. The predicted molar refractivity (Wildman–Crippen MR) is 172 cm³/mol.